The Balaban J connectivity index is 0.000000169. The molecule has 602 valence electrons. The van der Waals surface area contributed by atoms with Crippen LogP contribution < -0.4 is 49.0 Å². The molecule has 12 aromatic rings. The number of hydrogen-bond donors (Lipinski definition) is 13. The highest BCUT2D eigenvalue weighted by Gasteiger charge is 2.30. The van der Waals surface area contributed by atoms with E-state index in [1.807, 2.05) is 137 Å². The van der Waals surface area contributed by atoms with E-state index in [1.54, 1.807) is 123 Å². The standard InChI is InChI=1S/C29H31N7O4.C24H23N7O2.C15H21NO4.C14H12N6O.2ClH/c1-29(2,3)40-28(39)34-22(11-10-17-8-6-5-7-9-17)27(38)32-19-12-20-24-21(15-30-35-26(20)37)25(33-23(24)13-19)18-14-31-36(4)16-18;1-31-13-15(11-27-31)22-18-12-26-30-23(32)17-9-16(10-20(29-22)21(17)18)28-24(33)19(25)8-7-14-5-3-2-4-6-14;1-15(2,3)20-14(19)16-12(13(17)18)10-9-11-7-5-4-6-8-11;1-20-6-7(4-17-20)13-10-5-16-19-14(21)9-2-8(15)3-11(18-13)12(9)10;;/h5-9,12-16,22,33H,10-11H2,1-4H3,(H,32,38)(H,34,39)(H,35,37);2-6,9-13,19,29H,7-8,25H2,1H3,(H,28,33)(H,30,32);4-8,12H,9-10H2,1-3H3,(H,16,19)(H,17,18);2-6,18H,15H2,1H3,(H,19,21);2*1H/t22-;19-;12-;;;/m111.../s1. The van der Waals surface area contributed by atoms with E-state index in [0.717, 1.165) is 83.4 Å². The quantitative estimate of drug-likeness (QED) is 0.0335. The molecule has 116 heavy (non-hydrogen) atoms. The third kappa shape index (κ3) is 21.1. The van der Waals surface area contributed by atoms with Gasteiger partial charge in [0.2, 0.25) is 11.8 Å². The van der Waals surface area contributed by atoms with Gasteiger partial charge >= 0.3 is 18.2 Å². The molecule has 6 aromatic heterocycles. The molecule has 0 aliphatic carbocycles. The van der Waals surface area contributed by atoms with Crippen LogP contribution in [0.4, 0.5) is 26.7 Å². The number of alkyl carbamates (subject to hydrolysis) is 2. The summed E-state index contributed by atoms with van der Waals surface area (Å²) in [6.07, 6.45) is 17.3. The molecular weight excluding hydrogens is 1530 g/mol. The number of anilines is 3. The highest BCUT2D eigenvalue weighted by molar-refractivity contribution is 6.21. The Bertz CT molecular complexity index is 5710. The lowest BCUT2D eigenvalue weighted by atomic mass is 10.0. The Kier molecular flexibility index (Phi) is 26.9. The molecule has 3 aliphatic rings. The number of aromatic nitrogens is 9. The molecule has 0 fully saturated rings. The highest BCUT2D eigenvalue weighted by Crippen LogP contribution is 2.38. The molecular formula is C82H89Cl2N21O11. The zero-order valence-electron chi connectivity index (χ0n) is 64.8. The number of carboxylic acid groups (broad SMARTS) is 1. The van der Waals surface area contributed by atoms with Crippen LogP contribution in [0.5, 0.6) is 0 Å². The number of aliphatic carboxylic acids is 1. The van der Waals surface area contributed by atoms with Gasteiger partial charge in [0.1, 0.15) is 23.3 Å². The van der Waals surface area contributed by atoms with Crippen molar-refractivity contribution in [3.8, 4) is 33.8 Å². The summed E-state index contributed by atoms with van der Waals surface area (Å²) in [5, 5.41) is 47.0. The number of ether oxygens (including phenoxy) is 2. The van der Waals surface area contributed by atoms with Gasteiger partial charge in [-0.25, -0.2) is 30.7 Å². The summed E-state index contributed by atoms with van der Waals surface area (Å²) in [7, 11) is 5.51. The van der Waals surface area contributed by atoms with E-state index in [9.17, 15) is 38.4 Å². The van der Waals surface area contributed by atoms with E-state index >= 15 is 0 Å². The van der Waals surface area contributed by atoms with Crippen molar-refractivity contribution in [1.82, 2.24) is 71.2 Å². The average molecular weight is 1620 g/mol. The van der Waals surface area contributed by atoms with E-state index in [0.29, 0.717) is 88.7 Å². The van der Waals surface area contributed by atoms with Gasteiger partial charge in [-0.3, -0.25) is 38.0 Å². The molecule has 0 radical (unpaired) electrons. The van der Waals surface area contributed by atoms with Gasteiger partial charge in [0.25, 0.3) is 17.7 Å². The Morgan fingerprint density at radius 3 is 1.16 bits per heavy atom. The number of carboxylic acids is 1. The summed E-state index contributed by atoms with van der Waals surface area (Å²) in [6, 6.07) is 36.9. The van der Waals surface area contributed by atoms with Crippen LogP contribution in [0, 0.1) is 0 Å². The number of nitrogens with zero attached hydrogens (tertiary/aromatic N) is 9. The number of hydrogen-bond acceptors (Lipinski definition) is 18. The van der Waals surface area contributed by atoms with E-state index in [4.69, 9.17) is 26.0 Å². The fourth-order valence-corrected chi connectivity index (χ4v) is 13.0. The minimum Gasteiger partial charge on any atom is -0.480 e. The van der Waals surface area contributed by atoms with Crippen molar-refractivity contribution in [2.75, 3.05) is 16.4 Å². The lowest BCUT2D eigenvalue weighted by Crippen LogP contribution is -2.46. The van der Waals surface area contributed by atoms with Crippen molar-refractivity contribution >= 4 is 141 Å². The second kappa shape index (κ2) is 36.8. The lowest BCUT2D eigenvalue weighted by Gasteiger charge is -2.23. The van der Waals surface area contributed by atoms with Crippen molar-refractivity contribution in [2.24, 2.45) is 42.2 Å². The predicted octanol–water partition coefficient (Wildman–Crippen LogP) is 11.3. The number of aryl methyl sites for hydroxylation is 6. The van der Waals surface area contributed by atoms with Crippen LogP contribution in [0.15, 0.2) is 180 Å². The molecule has 3 atom stereocenters. The summed E-state index contributed by atoms with van der Waals surface area (Å²) in [5.41, 5.74) is 33.6. The van der Waals surface area contributed by atoms with Gasteiger partial charge < -0.3 is 62.3 Å². The van der Waals surface area contributed by atoms with Crippen molar-refractivity contribution in [1.29, 1.82) is 0 Å². The first-order chi connectivity index (χ1) is 54.5. The van der Waals surface area contributed by atoms with Crippen LogP contribution in [0.25, 0.3) is 66.5 Å². The summed E-state index contributed by atoms with van der Waals surface area (Å²) in [4.78, 5) is 109. The molecule has 0 saturated heterocycles. The molecule has 3 aliphatic heterocycles. The number of carbonyl (C=O) groups is 8. The van der Waals surface area contributed by atoms with Crippen molar-refractivity contribution in [3.63, 3.8) is 0 Å². The number of nitrogens with one attached hydrogen (secondary N) is 10. The van der Waals surface area contributed by atoms with Gasteiger partial charge in [-0.05, 0) is 133 Å². The Labute approximate surface area is 677 Å². The lowest BCUT2D eigenvalue weighted by molar-refractivity contribution is -0.139. The van der Waals surface area contributed by atoms with Crippen LogP contribution in [0.3, 0.4) is 0 Å². The molecule has 0 unspecified atom stereocenters. The first-order valence-corrected chi connectivity index (χ1v) is 36.5. The van der Waals surface area contributed by atoms with Gasteiger partial charge in [0, 0.05) is 123 Å². The second-order valence-electron chi connectivity index (χ2n) is 29.3. The number of amides is 7. The fourth-order valence-electron chi connectivity index (χ4n) is 13.0. The number of nitrogen functional groups attached to an aromatic ring is 1. The first-order valence-electron chi connectivity index (χ1n) is 36.5. The Hall–Kier alpha value is -13.7. The number of nitrogens with two attached hydrogens (primary N) is 2. The van der Waals surface area contributed by atoms with Crippen LogP contribution in [0.1, 0.15) is 125 Å². The SMILES string of the molecule is CC(C)(C)OC(=O)N[C@H](CCc1ccccc1)C(=O)O.Cl.Cl.Cn1cc(-c2[nH]c3cc(N)cc4c3c2C=NNC4=O)cn1.Cn1cc(-c2[nH]c3cc(NC(=O)[C@@H](CCc4ccccc4)NC(=O)OC(C)(C)C)cc4c3c2C=NNC4=O)cn1.Cn1cc(-c2[nH]c3cc(NC(=O)[C@H](N)CCc4ccccc4)cc4c3c2C=NNC4=O)cn1. The van der Waals surface area contributed by atoms with Gasteiger partial charge in [-0.2, -0.15) is 30.6 Å². The van der Waals surface area contributed by atoms with E-state index in [-0.39, 0.29) is 42.5 Å². The summed E-state index contributed by atoms with van der Waals surface area (Å²) >= 11 is 0. The summed E-state index contributed by atoms with van der Waals surface area (Å²) < 4.78 is 15.6. The summed E-state index contributed by atoms with van der Waals surface area (Å²) in [5.74, 6) is -2.82. The Morgan fingerprint density at radius 2 is 0.810 bits per heavy atom. The maximum absolute atomic E-state index is 13.5. The van der Waals surface area contributed by atoms with Gasteiger partial charge in [0.05, 0.1) is 77.0 Å². The first kappa shape index (κ1) is 84.7. The van der Waals surface area contributed by atoms with Gasteiger partial charge in [0.15, 0.2) is 0 Å². The molecule has 15 rings (SSSR count). The van der Waals surface area contributed by atoms with Crippen LogP contribution in [-0.4, -0.2) is 145 Å². The highest BCUT2D eigenvalue weighted by atomic mass is 35.5. The maximum atomic E-state index is 13.5. The second-order valence-corrected chi connectivity index (χ2v) is 29.3. The topological polar surface area (TPSA) is 449 Å². The fraction of sp³-hybridized carbons (Fsp3) is 0.244. The largest absolute Gasteiger partial charge is 0.480 e. The van der Waals surface area contributed by atoms with E-state index in [2.05, 4.69) is 83.1 Å². The number of rotatable bonds is 19. The zero-order valence-corrected chi connectivity index (χ0v) is 66.5. The summed E-state index contributed by atoms with van der Waals surface area (Å²) in [6.45, 7) is 10.5. The number of carbonyl (C=O) groups excluding carboxylic acids is 7. The number of halogens is 2. The molecule has 9 heterocycles. The van der Waals surface area contributed by atoms with Gasteiger partial charge in [-0.15, -0.1) is 24.8 Å². The molecule has 34 heteroatoms. The van der Waals surface area contributed by atoms with E-state index < -0.39 is 59.3 Å². The normalized spacial score (nSPS) is 13.1. The van der Waals surface area contributed by atoms with E-state index in [1.165, 1.54) is 0 Å². The van der Waals surface area contributed by atoms with Crippen LogP contribution >= 0.6 is 24.8 Å². The minimum atomic E-state index is -1.06. The molecule has 0 saturated carbocycles. The van der Waals surface area contributed by atoms with Gasteiger partial charge in [-0.1, -0.05) is 91.0 Å². The zero-order chi connectivity index (χ0) is 81.1. The molecule has 6 aromatic carbocycles. The molecule has 7 amide bonds. The molecule has 15 N–H and O–H groups in total. The van der Waals surface area contributed by atoms with Crippen molar-refractivity contribution in [2.45, 2.75) is 109 Å². The third-order valence-electron chi connectivity index (χ3n) is 18.2. The molecule has 0 spiro atoms. The third-order valence-corrected chi connectivity index (χ3v) is 18.2. The maximum Gasteiger partial charge on any atom is 0.408 e. The minimum absolute atomic E-state index is 0. The number of H-pyrrole nitrogens is 3. The number of aromatic amines is 3. The van der Waals surface area contributed by atoms with Crippen LogP contribution in [0.2, 0.25) is 0 Å². The molecule has 32 nitrogen and oxygen atoms in total. The monoisotopic (exact) mass is 1610 g/mol. The average Bonchev–Trinajstić information content (AvgIpc) is 1.61. The van der Waals surface area contributed by atoms with Crippen molar-refractivity contribution < 1.29 is 52.9 Å². The smallest absolute Gasteiger partial charge is 0.408 e. The van der Waals surface area contributed by atoms with Crippen LogP contribution in [-0.2, 0) is 64.3 Å². The van der Waals surface area contributed by atoms with Crippen molar-refractivity contribution in [3.05, 3.63) is 215 Å². The Morgan fingerprint density at radius 1 is 0.474 bits per heavy atom. The molecule has 0 bridgehead atoms. The predicted molar refractivity (Wildman–Crippen MR) is 449 cm³/mol. The number of hydrazone groups is 3. The number of benzene rings is 6.